The van der Waals surface area contributed by atoms with E-state index in [0.29, 0.717) is 0 Å². The Morgan fingerprint density at radius 3 is 3.07 bits per heavy atom. The van der Waals surface area contributed by atoms with Gasteiger partial charge in [-0.05, 0) is 36.5 Å². The van der Waals surface area contributed by atoms with Gasteiger partial charge >= 0.3 is 0 Å². The zero-order chi connectivity index (χ0) is 10.3. The molecule has 0 saturated carbocycles. The molecule has 1 atom stereocenters. The quantitative estimate of drug-likeness (QED) is 0.623. The number of allylic oxidation sites excluding steroid dienone is 1. The van der Waals surface area contributed by atoms with E-state index in [-0.39, 0.29) is 5.41 Å². The lowest BCUT2D eigenvalue weighted by molar-refractivity contribution is 0.0774. The average molecular weight is 200 g/mol. The van der Waals surface area contributed by atoms with E-state index in [9.17, 15) is 0 Å². The lowest BCUT2D eigenvalue weighted by Crippen LogP contribution is -2.31. The third-order valence-electron chi connectivity index (χ3n) is 3.65. The molecule has 3 rings (SSSR count). The van der Waals surface area contributed by atoms with Crippen molar-refractivity contribution in [2.75, 3.05) is 6.61 Å². The zero-order valence-corrected chi connectivity index (χ0v) is 9.12. The third-order valence-corrected chi connectivity index (χ3v) is 3.65. The predicted molar refractivity (Wildman–Crippen MR) is 61.4 cm³/mol. The molecule has 0 aromatic heterocycles. The standard InChI is InChI=1S/C14H16O/c1-14-7-4-8-15-13(14)9-11-5-2-3-6-12(11)10-14/h2-3,5-6,9H,4,7-8,10H2,1H3. The molecule has 0 spiro atoms. The molecule has 1 aliphatic heterocycles. The Balaban J connectivity index is 2.09. The predicted octanol–water partition coefficient (Wildman–Crippen LogP) is 3.40. The lowest BCUT2D eigenvalue weighted by Gasteiger charge is -2.39. The maximum Gasteiger partial charge on any atom is 0.103 e. The van der Waals surface area contributed by atoms with Crippen molar-refractivity contribution >= 4 is 6.08 Å². The monoisotopic (exact) mass is 200 g/mol. The van der Waals surface area contributed by atoms with Crippen LogP contribution in [0.3, 0.4) is 0 Å². The molecule has 0 amide bonds. The van der Waals surface area contributed by atoms with Crippen molar-refractivity contribution in [1.82, 2.24) is 0 Å². The Bertz CT molecular complexity index is 419. The average Bonchev–Trinajstić information content (AvgIpc) is 2.25. The number of rotatable bonds is 0. The molecular formula is C14H16O. The lowest BCUT2D eigenvalue weighted by atomic mass is 9.72. The fraction of sp³-hybridized carbons (Fsp3) is 0.429. The first-order valence-corrected chi connectivity index (χ1v) is 5.71. The minimum atomic E-state index is 0.257. The Hall–Kier alpha value is -1.24. The molecular weight excluding hydrogens is 184 g/mol. The number of hydrogen-bond donors (Lipinski definition) is 0. The van der Waals surface area contributed by atoms with E-state index in [1.165, 1.54) is 29.7 Å². The first-order valence-electron chi connectivity index (χ1n) is 5.71. The van der Waals surface area contributed by atoms with Gasteiger partial charge in [-0.3, -0.25) is 0 Å². The van der Waals surface area contributed by atoms with Crippen molar-refractivity contribution in [3.05, 3.63) is 41.2 Å². The second kappa shape index (κ2) is 3.13. The van der Waals surface area contributed by atoms with Gasteiger partial charge in [0.25, 0.3) is 0 Å². The highest BCUT2D eigenvalue weighted by Gasteiger charge is 2.36. The Kier molecular flexibility index (Phi) is 1.88. The van der Waals surface area contributed by atoms with E-state index in [4.69, 9.17) is 4.74 Å². The molecule has 2 aliphatic rings. The summed E-state index contributed by atoms with van der Waals surface area (Å²) < 4.78 is 5.80. The molecule has 1 saturated heterocycles. The van der Waals surface area contributed by atoms with Crippen LogP contribution in [0, 0.1) is 5.41 Å². The summed E-state index contributed by atoms with van der Waals surface area (Å²) in [6.07, 6.45) is 5.82. The van der Waals surface area contributed by atoms with Crippen molar-refractivity contribution in [3.8, 4) is 0 Å². The van der Waals surface area contributed by atoms with Crippen molar-refractivity contribution in [2.24, 2.45) is 5.41 Å². The fourth-order valence-electron chi connectivity index (χ4n) is 2.73. The smallest absolute Gasteiger partial charge is 0.103 e. The first-order chi connectivity index (χ1) is 7.28. The van der Waals surface area contributed by atoms with Gasteiger partial charge in [0, 0.05) is 5.41 Å². The van der Waals surface area contributed by atoms with Crippen LogP contribution >= 0.6 is 0 Å². The van der Waals surface area contributed by atoms with Gasteiger partial charge in [0.15, 0.2) is 0 Å². The fourth-order valence-corrected chi connectivity index (χ4v) is 2.73. The molecule has 1 aromatic rings. The minimum absolute atomic E-state index is 0.257. The minimum Gasteiger partial charge on any atom is -0.497 e. The van der Waals surface area contributed by atoms with E-state index < -0.39 is 0 Å². The normalized spacial score (nSPS) is 28.5. The maximum absolute atomic E-state index is 5.80. The van der Waals surface area contributed by atoms with E-state index in [0.717, 1.165) is 13.0 Å². The summed E-state index contributed by atoms with van der Waals surface area (Å²) in [6.45, 7) is 3.22. The van der Waals surface area contributed by atoms with Gasteiger partial charge in [-0.2, -0.15) is 0 Å². The molecule has 1 fully saturated rings. The van der Waals surface area contributed by atoms with Crippen LogP contribution in [0.1, 0.15) is 30.9 Å². The summed E-state index contributed by atoms with van der Waals surface area (Å²) in [5.74, 6) is 1.20. The van der Waals surface area contributed by atoms with E-state index in [2.05, 4.69) is 37.3 Å². The molecule has 1 heteroatoms. The summed E-state index contributed by atoms with van der Waals surface area (Å²) in [5, 5.41) is 0. The van der Waals surface area contributed by atoms with E-state index in [1.807, 2.05) is 0 Å². The number of benzene rings is 1. The number of fused-ring (bicyclic) bond motifs is 2. The van der Waals surface area contributed by atoms with Crippen LogP contribution in [0.5, 0.6) is 0 Å². The van der Waals surface area contributed by atoms with E-state index >= 15 is 0 Å². The summed E-state index contributed by atoms with van der Waals surface area (Å²) >= 11 is 0. The highest BCUT2D eigenvalue weighted by molar-refractivity contribution is 5.60. The van der Waals surface area contributed by atoms with Crippen LogP contribution in [-0.4, -0.2) is 6.61 Å². The van der Waals surface area contributed by atoms with Crippen LogP contribution in [0.4, 0.5) is 0 Å². The summed E-state index contributed by atoms with van der Waals surface area (Å²) in [6, 6.07) is 8.65. The molecule has 1 heterocycles. The highest BCUT2D eigenvalue weighted by atomic mass is 16.5. The largest absolute Gasteiger partial charge is 0.497 e. The molecule has 1 unspecified atom stereocenters. The summed E-state index contributed by atoms with van der Waals surface area (Å²) in [4.78, 5) is 0. The van der Waals surface area contributed by atoms with Crippen molar-refractivity contribution in [1.29, 1.82) is 0 Å². The van der Waals surface area contributed by atoms with Gasteiger partial charge in [-0.15, -0.1) is 0 Å². The Labute approximate surface area is 90.8 Å². The molecule has 0 N–H and O–H groups in total. The van der Waals surface area contributed by atoms with Gasteiger partial charge in [-0.1, -0.05) is 31.2 Å². The SMILES string of the molecule is CC12CCCOC1=Cc1ccccc1C2. The Morgan fingerprint density at radius 2 is 2.13 bits per heavy atom. The van der Waals surface area contributed by atoms with Crippen LogP contribution in [0.2, 0.25) is 0 Å². The highest BCUT2D eigenvalue weighted by Crippen LogP contribution is 2.44. The summed E-state index contributed by atoms with van der Waals surface area (Å²) in [7, 11) is 0. The van der Waals surface area contributed by atoms with Crippen LogP contribution in [0.25, 0.3) is 6.08 Å². The van der Waals surface area contributed by atoms with Crippen molar-refractivity contribution in [2.45, 2.75) is 26.2 Å². The second-order valence-corrected chi connectivity index (χ2v) is 4.90. The molecule has 0 bridgehead atoms. The van der Waals surface area contributed by atoms with Crippen LogP contribution < -0.4 is 0 Å². The number of ether oxygens (including phenoxy) is 1. The Morgan fingerprint density at radius 1 is 1.27 bits per heavy atom. The number of hydrogen-bond acceptors (Lipinski definition) is 1. The third kappa shape index (κ3) is 1.38. The van der Waals surface area contributed by atoms with Crippen molar-refractivity contribution < 1.29 is 4.74 Å². The molecule has 1 aromatic carbocycles. The molecule has 1 nitrogen and oxygen atoms in total. The molecule has 78 valence electrons. The van der Waals surface area contributed by atoms with Gasteiger partial charge < -0.3 is 4.74 Å². The second-order valence-electron chi connectivity index (χ2n) is 4.90. The molecule has 0 radical (unpaired) electrons. The van der Waals surface area contributed by atoms with Gasteiger partial charge in [-0.25, -0.2) is 0 Å². The zero-order valence-electron chi connectivity index (χ0n) is 9.12. The molecule has 15 heavy (non-hydrogen) atoms. The topological polar surface area (TPSA) is 9.23 Å². The van der Waals surface area contributed by atoms with Crippen molar-refractivity contribution in [3.63, 3.8) is 0 Å². The van der Waals surface area contributed by atoms with Gasteiger partial charge in [0.2, 0.25) is 0 Å². The van der Waals surface area contributed by atoms with Crippen LogP contribution in [-0.2, 0) is 11.2 Å². The first kappa shape index (κ1) is 9.02. The molecule has 1 aliphatic carbocycles. The maximum atomic E-state index is 5.80. The van der Waals surface area contributed by atoms with E-state index in [1.54, 1.807) is 0 Å². The van der Waals surface area contributed by atoms with Gasteiger partial charge in [0.1, 0.15) is 5.76 Å². The summed E-state index contributed by atoms with van der Waals surface area (Å²) in [5.41, 5.74) is 3.06. The van der Waals surface area contributed by atoms with Gasteiger partial charge in [0.05, 0.1) is 6.61 Å². The van der Waals surface area contributed by atoms with Crippen LogP contribution in [0.15, 0.2) is 30.0 Å².